The topological polar surface area (TPSA) is 67.8 Å². The van der Waals surface area contributed by atoms with Crippen LogP contribution in [0.1, 0.15) is 56.6 Å². The molecule has 0 bridgehead atoms. The molecule has 0 aliphatic rings. The molecule has 112 valence electrons. The average molecular weight is 278 g/mol. The van der Waals surface area contributed by atoms with Gasteiger partial charge in [0.25, 0.3) is 0 Å². The van der Waals surface area contributed by atoms with Crippen molar-refractivity contribution in [1.29, 1.82) is 0 Å². The summed E-state index contributed by atoms with van der Waals surface area (Å²) in [5.74, 6) is 0.914. The number of amidine groups is 1. The zero-order valence-electron chi connectivity index (χ0n) is 12.6. The predicted molar refractivity (Wildman–Crippen MR) is 82.6 cm³/mol. The first-order valence-corrected chi connectivity index (χ1v) is 7.40. The molecule has 0 unspecified atom stereocenters. The van der Waals surface area contributed by atoms with E-state index in [1.54, 1.807) is 0 Å². The Morgan fingerprint density at radius 3 is 2.60 bits per heavy atom. The van der Waals surface area contributed by atoms with Crippen molar-refractivity contribution in [1.82, 2.24) is 0 Å². The molecule has 0 atom stereocenters. The normalized spacial score (nSPS) is 11.6. The third-order valence-electron chi connectivity index (χ3n) is 3.35. The molecule has 3 N–H and O–H groups in total. The minimum Gasteiger partial charge on any atom is -0.493 e. The van der Waals surface area contributed by atoms with Crippen LogP contribution in [0.3, 0.4) is 0 Å². The zero-order valence-corrected chi connectivity index (χ0v) is 12.6. The largest absolute Gasteiger partial charge is 0.493 e. The van der Waals surface area contributed by atoms with Crippen LogP contribution in [0.4, 0.5) is 0 Å². The zero-order chi connectivity index (χ0) is 14.8. The van der Waals surface area contributed by atoms with Gasteiger partial charge in [0, 0.05) is 5.56 Å². The summed E-state index contributed by atoms with van der Waals surface area (Å²) in [5.41, 5.74) is 7.32. The SMILES string of the molecule is CCCCCCCCOc1cc(/C(N)=N/O)ccc1C. The minimum absolute atomic E-state index is 0.106. The molecule has 0 saturated carbocycles. The Kier molecular flexibility index (Phi) is 7.55. The van der Waals surface area contributed by atoms with E-state index in [0.29, 0.717) is 12.2 Å². The van der Waals surface area contributed by atoms with Gasteiger partial charge in [0.15, 0.2) is 5.84 Å². The molecule has 1 aromatic rings. The summed E-state index contributed by atoms with van der Waals surface area (Å²) in [7, 11) is 0. The molecule has 1 rings (SSSR count). The fourth-order valence-corrected chi connectivity index (χ4v) is 2.04. The molecule has 4 nitrogen and oxygen atoms in total. The second kappa shape index (κ2) is 9.23. The Morgan fingerprint density at radius 2 is 1.90 bits per heavy atom. The van der Waals surface area contributed by atoms with Gasteiger partial charge in [-0.05, 0) is 25.0 Å². The molecule has 0 heterocycles. The van der Waals surface area contributed by atoms with Crippen LogP contribution in [0.2, 0.25) is 0 Å². The predicted octanol–water partition coefficient (Wildman–Crippen LogP) is 3.83. The highest BCUT2D eigenvalue weighted by molar-refractivity contribution is 5.97. The molecule has 0 aliphatic heterocycles. The smallest absolute Gasteiger partial charge is 0.170 e. The molecule has 0 aliphatic carbocycles. The van der Waals surface area contributed by atoms with Crippen LogP contribution in [-0.4, -0.2) is 17.6 Å². The number of nitrogens with two attached hydrogens (primary N) is 1. The first-order valence-electron chi connectivity index (χ1n) is 7.40. The summed E-state index contributed by atoms with van der Waals surface area (Å²) < 4.78 is 5.79. The lowest BCUT2D eigenvalue weighted by atomic mass is 10.1. The second-order valence-corrected chi connectivity index (χ2v) is 5.08. The molecule has 1 aromatic carbocycles. The van der Waals surface area contributed by atoms with Gasteiger partial charge in [-0.1, -0.05) is 56.3 Å². The number of hydrogen-bond acceptors (Lipinski definition) is 3. The van der Waals surface area contributed by atoms with E-state index < -0.39 is 0 Å². The van der Waals surface area contributed by atoms with Crippen molar-refractivity contribution in [3.8, 4) is 5.75 Å². The van der Waals surface area contributed by atoms with Gasteiger partial charge in [-0.15, -0.1) is 0 Å². The van der Waals surface area contributed by atoms with Crippen LogP contribution < -0.4 is 10.5 Å². The quantitative estimate of drug-likeness (QED) is 0.237. The van der Waals surface area contributed by atoms with Crippen molar-refractivity contribution in [2.45, 2.75) is 52.4 Å². The van der Waals surface area contributed by atoms with Crippen LogP contribution >= 0.6 is 0 Å². The molecule has 0 amide bonds. The van der Waals surface area contributed by atoms with Crippen molar-refractivity contribution < 1.29 is 9.94 Å². The summed E-state index contributed by atoms with van der Waals surface area (Å²) in [4.78, 5) is 0. The fraction of sp³-hybridized carbons (Fsp3) is 0.562. The first-order chi connectivity index (χ1) is 9.69. The Labute approximate surface area is 121 Å². The highest BCUT2D eigenvalue weighted by atomic mass is 16.5. The van der Waals surface area contributed by atoms with Gasteiger partial charge >= 0.3 is 0 Å². The molecular formula is C16H26N2O2. The molecule has 20 heavy (non-hydrogen) atoms. The van der Waals surface area contributed by atoms with E-state index in [1.807, 2.05) is 25.1 Å². The number of ether oxygens (including phenoxy) is 1. The monoisotopic (exact) mass is 278 g/mol. The van der Waals surface area contributed by atoms with Crippen molar-refractivity contribution in [3.63, 3.8) is 0 Å². The standard InChI is InChI=1S/C16H26N2O2/c1-3-4-5-6-7-8-11-20-15-12-14(16(17)18-19)10-9-13(15)2/h9-10,12,19H,3-8,11H2,1-2H3,(H2,17,18). The Balaban J connectivity index is 2.39. The Morgan fingerprint density at radius 1 is 1.20 bits per heavy atom. The minimum atomic E-state index is 0.106. The summed E-state index contributed by atoms with van der Waals surface area (Å²) in [6.45, 7) is 4.93. The molecule has 0 spiro atoms. The average Bonchev–Trinajstić information content (AvgIpc) is 2.47. The van der Waals surface area contributed by atoms with Crippen LogP contribution in [-0.2, 0) is 0 Å². The number of benzene rings is 1. The van der Waals surface area contributed by atoms with Gasteiger partial charge in [0.05, 0.1) is 6.61 Å². The van der Waals surface area contributed by atoms with Crippen molar-refractivity contribution in [2.75, 3.05) is 6.61 Å². The third-order valence-corrected chi connectivity index (χ3v) is 3.35. The van der Waals surface area contributed by atoms with Crippen molar-refractivity contribution in [2.24, 2.45) is 10.9 Å². The lowest BCUT2D eigenvalue weighted by Gasteiger charge is -2.10. The number of oxime groups is 1. The van der Waals surface area contributed by atoms with Gasteiger partial charge < -0.3 is 15.7 Å². The van der Waals surface area contributed by atoms with Crippen molar-refractivity contribution >= 4 is 5.84 Å². The molecule has 4 heteroatoms. The maximum atomic E-state index is 8.69. The van der Waals surface area contributed by atoms with E-state index in [1.165, 1.54) is 32.1 Å². The van der Waals surface area contributed by atoms with Gasteiger partial charge in [-0.3, -0.25) is 0 Å². The lowest BCUT2D eigenvalue weighted by molar-refractivity contribution is 0.302. The maximum absolute atomic E-state index is 8.69. The summed E-state index contributed by atoms with van der Waals surface area (Å²) >= 11 is 0. The Hall–Kier alpha value is -1.71. The fourth-order valence-electron chi connectivity index (χ4n) is 2.04. The van der Waals surface area contributed by atoms with Crippen LogP contribution in [0, 0.1) is 6.92 Å². The number of nitrogens with zero attached hydrogens (tertiary/aromatic N) is 1. The molecule has 0 radical (unpaired) electrons. The molecule has 0 saturated heterocycles. The maximum Gasteiger partial charge on any atom is 0.170 e. The van der Waals surface area contributed by atoms with Crippen LogP contribution in [0.15, 0.2) is 23.4 Å². The van der Waals surface area contributed by atoms with E-state index in [0.717, 1.165) is 17.7 Å². The van der Waals surface area contributed by atoms with Crippen LogP contribution in [0.25, 0.3) is 0 Å². The summed E-state index contributed by atoms with van der Waals surface area (Å²) in [5, 5.41) is 11.7. The number of rotatable bonds is 9. The van der Waals surface area contributed by atoms with E-state index in [-0.39, 0.29) is 5.84 Å². The van der Waals surface area contributed by atoms with E-state index in [2.05, 4.69) is 12.1 Å². The molecule has 0 aromatic heterocycles. The van der Waals surface area contributed by atoms with Crippen molar-refractivity contribution in [3.05, 3.63) is 29.3 Å². The van der Waals surface area contributed by atoms with E-state index in [4.69, 9.17) is 15.7 Å². The van der Waals surface area contributed by atoms with Gasteiger partial charge in [0.1, 0.15) is 5.75 Å². The van der Waals surface area contributed by atoms with Crippen LogP contribution in [0.5, 0.6) is 5.75 Å². The van der Waals surface area contributed by atoms with E-state index >= 15 is 0 Å². The third kappa shape index (κ3) is 5.51. The highest BCUT2D eigenvalue weighted by Crippen LogP contribution is 2.20. The summed E-state index contributed by atoms with van der Waals surface area (Å²) in [6, 6.07) is 5.56. The summed E-state index contributed by atoms with van der Waals surface area (Å²) in [6.07, 6.45) is 7.46. The molecule has 0 fully saturated rings. The van der Waals surface area contributed by atoms with Gasteiger partial charge in [0.2, 0.25) is 0 Å². The highest BCUT2D eigenvalue weighted by Gasteiger charge is 2.05. The number of hydrogen-bond donors (Lipinski definition) is 2. The van der Waals surface area contributed by atoms with Gasteiger partial charge in [-0.25, -0.2) is 0 Å². The van der Waals surface area contributed by atoms with Gasteiger partial charge in [-0.2, -0.15) is 0 Å². The molecular weight excluding hydrogens is 252 g/mol. The Bertz CT molecular complexity index is 430. The second-order valence-electron chi connectivity index (χ2n) is 5.08. The number of aryl methyl sites for hydroxylation is 1. The van der Waals surface area contributed by atoms with E-state index in [9.17, 15) is 0 Å². The lowest BCUT2D eigenvalue weighted by Crippen LogP contribution is -2.13. The number of unbranched alkanes of at least 4 members (excludes halogenated alkanes) is 5. The first kappa shape index (κ1) is 16.3.